The number of hydrogen-bond donors (Lipinski definition) is 1. The first kappa shape index (κ1) is 13.4. The Morgan fingerprint density at radius 3 is 2.06 bits per heavy atom. The Kier molecular flexibility index (Phi) is 3.64. The van der Waals surface area contributed by atoms with Crippen molar-refractivity contribution in [3.05, 3.63) is 35.9 Å². The minimum absolute atomic E-state index is 0.103. The lowest BCUT2D eigenvalue weighted by Gasteiger charge is -2.39. The topological polar surface area (TPSA) is 23.5 Å². The van der Waals surface area contributed by atoms with Crippen LogP contribution in [0.15, 0.2) is 30.3 Å². The van der Waals surface area contributed by atoms with Crippen LogP contribution < -0.4 is 0 Å². The summed E-state index contributed by atoms with van der Waals surface area (Å²) < 4.78 is 42.3. The van der Waals surface area contributed by atoms with Crippen LogP contribution in [0.3, 0.4) is 0 Å². The third-order valence-electron chi connectivity index (χ3n) is 3.31. The molecule has 18 heavy (non-hydrogen) atoms. The summed E-state index contributed by atoms with van der Waals surface area (Å²) in [4.78, 5) is 0.726. The third kappa shape index (κ3) is 2.24. The molecule has 0 bridgehead atoms. The second kappa shape index (κ2) is 4.90. The van der Waals surface area contributed by atoms with Crippen LogP contribution in [0.25, 0.3) is 0 Å². The second-order valence-electron chi connectivity index (χ2n) is 4.58. The molecule has 0 radical (unpaired) electrons. The molecule has 0 aliphatic carbocycles. The van der Waals surface area contributed by atoms with E-state index in [9.17, 15) is 18.3 Å². The van der Waals surface area contributed by atoms with E-state index in [4.69, 9.17) is 0 Å². The van der Waals surface area contributed by atoms with Crippen molar-refractivity contribution >= 4 is 0 Å². The zero-order valence-corrected chi connectivity index (χ0v) is 9.95. The summed E-state index contributed by atoms with van der Waals surface area (Å²) >= 11 is 0. The summed E-state index contributed by atoms with van der Waals surface area (Å²) in [6, 6.07) is 2.85. The van der Waals surface area contributed by atoms with Crippen molar-refractivity contribution in [3.63, 3.8) is 0 Å². The molecule has 2 nitrogen and oxygen atoms in total. The minimum atomic E-state index is -3.91. The molecule has 0 saturated carbocycles. The molecule has 2 rings (SSSR count). The molecule has 1 aromatic rings. The number of benzene rings is 1. The van der Waals surface area contributed by atoms with Crippen LogP contribution in [0.4, 0.5) is 13.2 Å². The molecule has 5 heteroatoms. The Labute approximate surface area is 104 Å². The van der Waals surface area contributed by atoms with Crippen LogP contribution in [-0.2, 0) is 5.85 Å². The van der Waals surface area contributed by atoms with Gasteiger partial charge in [0.1, 0.15) is 0 Å². The quantitative estimate of drug-likeness (QED) is 0.844. The molecule has 0 amide bonds. The van der Waals surface area contributed by atoms with Crippen molar-refractivity contribution in [2.45, 2.75) is 31.2 Å². The molecule has 100 valence electrons. The molecule has 1 aromatic carbocycles. The van der Waals surface area contributed by atoms with Gasteiger partial charge in [-0.2, -0.15) is 13.2 Å². The molecule has 1 aliphatic rings. The summed E-state index contributed by atoms with van der Waals surface area (Å²) in [5, 5.41) is 9.61. The van der Waals surface area contributed by atoms with Gasteiger partial charge in [-0.1, -0.05) is 36.8 Å². The lowest BCUT2D eigenvalue weighted by molar-refractivity contribution is -0.327. The van der Waals surface area contributed by atoms with Gasteiger partial charge in [-0.3, -0.25) is 0 Å². The predicted octanol–water partition coefficient (Wildman–Crippen LogP) is 2.88. The molecule has 0 aromatic heterocycles. The molecule has 1 heterocycles. The van der Waals surface area contributed by atoms with Crippen LogP contribution in [-0.4, -0.2) is 29.1 Å². The smallest absolute Gasteiger partial charge is 0.352 e. The predicted molar refractivity (Wildman–Crippen MR) is 61.8 cm³/mol. The highest BCUT2D eigenvalue weighted by atomic mass is 19.3. The van der Waals surface area contributed by atoms with Crippen molar-refractivity contribution in [1.82, 2.24) is 4.90 Å². The van der Waals surface area contributed by atoms with Crippen LogP contribution in [0.2, 0.25) is 0 Å². The summed E-state index contributed by atoms with van der Waals surface area (Å²) in [6.45, 7) is 0.206. The summed E-state index contributed by atoms with van der Waals surface area (Å²) in [7, 11) is 0. The second-order valence-corrected chi connectivity index (χ2v) is 4.58. The zero-order valence-electron chi connectivity index (χ0n) is 9.95. The van der Waals surface area contributed by atoms with E-state index in [0.29, 0.717) is 12.8 Å². The summed E-state index contributed by atoms with van der Waals surface area (Å²) in [6.07, 6.45) is 2.06. The zero-order chi connectivity index (χ0) is 13.2. The molecule has 0 spiro atoms. The SMILES string of the molecule is OC(F)(c1ccccc1)C(F)(F)N1CCCCC1. The Morgan fingerprint density at radius 2 is 1.50 bits per heavy atom. The minimum Gasteiger partial charge on any atom is -0.352 e. The van der Waals surface area contributed by atoms with Gasteiger partial charge in [0.15, 0.2) is 0 Å². The Balaban J connectivity index is 2.27. The normalized spacial score (nSPS) is 21.6. The van der Waals surface area contributed by atoms with Crippen molar-refractivity contribution in [2.75, 3.05) is 13.1 Å². The van der Waals surface area contributed by atoms with Gasteiger partial charge in [-0.15, -0.1) is 0 Å². The van der Waals surface area contributed by atoms with Crippen LogP contribution in [0.5, 0.6) is 0 Å². The van der Waals surface area contributed by atoms with E-state index in [0.717, 1.165) is 23.5 Å². The lowest BCUT2D eigenvalue weighted by Crippen LogP contribution is -2.56. The number of alkyl halides is 3. The number of halogens is 3. The van der Waals surface area contributed by atoms with E-state index < -0.39 is 17.5 Å². The van der Waals surface area contributed by atoms with Crippen molar-refractivity contribution in [3.8, 4) is 0 Å². The highest BCUT2D eigenvalue weighted by Crippen LogP contribution is 2.42. The molecule has 1 saturated heterocycles. The number of aliphatic hydroxyl groups is 1. The highest BCUT2D eigenvalue weighted by molar-refractivity contribution is 5.22. The van der Waals surface area contributed by atoms with Gasteiger partial charge < -0.3 is 5.11 Å². The lowest BCUT2D eigenvalue weighted by atomic mass is 10.0. The average Bonchev–Trinajstić information content (AvgIpc) is 2.40. The Bertz CT molecular complexity index is 388. The van der Waals surface area contributed by atoms with Gasteiger partial charge >= 0.3 is 11.9 Å². The van der Waals surface area contributed by atoms with E-state index >= 15 is 0 Å². The fourth-order valence-corrected chi connectivity index (χ4v) is 2.22. The summed E-state index contributed by atoms with van der Waals surface area (Å²) in [5.41, 5.74) is -0.416. The first-order valence-corrected chi connectivity index (χ1v) is 6.06. The van der Waals surface area contributed by atoms with Crippen molar-refractivity contribution < 1.29 is 18.3 Å². The molecule has 1 N–H and O–H groups in total. The van der Waals surface area contributed by atoms with Gasteiger partial charge in [0.2, 0.25) is 0 Å². The van der Waals surface area contributed by atoms with Gasteiger partial charge in [-0.05, 0) is 12.8 Å². The fraction of sp³-hybridized carbons (Fsp3) is 0.538. The van der Waals surface area contributed by atoms with Crippen molar-refractivity contribution in [2.24, 2.45) is 0 Å². The van der Waals surface area contributed by atoms with E-state index in [-0.39, 0.29) is 13.1 Å². The third-order valence-corrected chi connectivity index (χ3v) is 3.31. The molecule has 1 aliphatic heterocycles. The molecular weight excluding hydrogens is 243 g/mol. The van der Waals surface area contributed by atoms with E-state index in [2.05, 4.69) is 0 Å². The van der Waals surface area contributed by atoms with E-state index in [1.807, 2.05) is 0 Å². The van der Waals surface area contributed by atoms with Gasteiger partial charge in [0, 0.05) is 18.7 Å². The molecular formula is C13H16F3NO. The maximum absolute atomic E-state index is 14.1. The Morgan fingerprint density at radius 1 is 0.944 bits per heavy atom. The Hall–Kier alpha value is -1.07. The molecule has 1 fully saturated rings. The van der Waals surface area contributed by atoms with E-state index in [1.54, 1.807) is 6.07 Å². The highest BCUT2D eigenvalue weighted by Gasteiger charge is 2.59. The van der Waals surface area contributed by atoms with Crippen LogP contribution in [0.1, 0.15) is 24.8 Å². The van der Waals surface area contributed by atoms with Gasteiger partial charge in [-0.25, -0.2) is 4.90 Å². The largest absolute Gasteiger partial charge is 0.367 e. The fourth-order valence-electron chi connectivity index (χ4n) is 2.22. The average molecular weight is 259 g/mol. The van der Waals surface area contributed by atoms with Crippen LogP contribution >= 0.6 is 0 Å². The maximum Gasteiger partial charge on any atom is 0.367 e. The monoisotopic (exact) mass is 259 g/mol. The molecule has 1 unspecified atom stereocenters. The van der Waals surface area contributed by atoms with Crippen LogP contribution in [0, 0.1) is 0 Å². The number of rotatable bonds is 3. The maximum atomic E-state index is 14.1. The standard InChI is InChI=1S/C13H16F3NO/c14-12(18,11-7-3-1-4-8-11)13(15,16)17-9-5-2-6-10-17/h1,3-4,7-8,18H,2,5-6,9-10H2. The van der Waals surface area contributed by atoms with E-state index in [1.165, 1.54) is 12.1 Å². The first-order chi connectivity index (χ1) is 8.46. The number of piperidine rings is 1. The molecule has 1 atom stereocenters. The first-order valence-electron chi connectivity index (χ1n) is 6.06. The number of hydrogen-bond acceptors (Lipinski definition) is 2. The van der Waals surface area contributed by atoms with Gasteiger partial charge in [0.05, 0.1) is 0 Å². The number of nitrogens with zero attached hydrogens (tertiary/aromatic N) is 1. The number of likely N-dealkylation sites (tertiary alicyclic amines) is 1. The van der Waals surface area contributed by atoms with Crippen molar-refractivity contribution in [1.29, 1.82) is 0 Å². The van der Waals surface area contributed by atoms with Gasteiger partial charge in [0.25, 0.3) is 0 Å². The summed E-state index contributed by atoms with van der Waals surface area (Å²) in [5.74, 6) is -3.66.